The van der Waals surface area contributed by atoms with Crippen molar-refractivity contribution in [3.05, 3.63) is 65.2 Å². The molecule has 100 valence electrons. The Balaban J connectivity index is 1.95. The maximum atomic E-state index is 10.1. The number of aryl methyl sites for hydroxylation is 2. The first-order valence-corrected chi connectivity index (χ1v) is 6.65. The van der Waals surface area contributed by atoms with Crippen LogP contribution in [0, 0.1) is 6.92 Å². The number of aliphatic hydroxyl groups is 1. The van der Waals surface area contributed by atoms with Gasteiger partial charge in [0.1, 0.15) is 18.5 Å². The number of rotatable bonds is 5. The number of ether oxygens (including phenoxy) is 1. The summed E-state index contributed by atoms with van der Waals surface area (Å²) in [6.07, 6.45) is 0.419. The average molecular weight is 256 g/mol. The van der Waals surface area contributed by atoms with E-state index in [9.17, 15) is 5.11 Å². The Morgan fingerprint density at radius 1 is 1.11 bits per heavy atom. The van der Waals surface area contributed by atoms with Crippen molar-refractivity contribution in [2.75, 3.05) is 6.61 Å². The average Bonchev–Trinajstić information content (AvgIpc) is 2.45. The number of benzene rings is 2. The Morgan fingerprint density at radius 3 is 2.47 bits per heavy atom. The molecule has 19 heavy (non-hydrogen) atoms. The number of aliphatic hydroxyl groups excluding tert-OH is 1. The maximum absolute atomic E-state index is 10.1. The van der Waals surface area contributed by atoms with E-state index in [0.717, 1.165) is 23.3 Å². The van der Waals surface area contributed by atoms with Gasteiger partial charge in [-0.25, -0.2) is 0 Å². The standard InChI is InChI=1S/C17H20O2/c1-3-14-7-9-15(10-8-14)17(18)12-19-16-6-4-5-13(2)11-16/h4-11,17-18H,3,12H2,1-2H3. The summed E-state index contributed by atoms with van der Waals surface area (Å²) in [6, 6.07) is 15.9. The van der Waals surface area contributed by atoms with Gasteiger partial charge in [-0.15, -0.1) is 0 Å². The predicted octanol–water partition coefficient (Wildman–Crippen LogP) is 3.67. The molecule has 0 heterocycles. The second-order valence-electron chi connectivity index (χ2n) is 4.74. The molecule has 0 radical (unpaired) electrons. The Labute approximate surface area is 114 Å². The third-order valence-electron chi connectivity index (χ3n) is 3.17. The molecule has 0 saturated heterocycles. The molecule has 0 bridgehead atoms. The van der Waals surface area contributed by atoms with Gasteiger partial charge >= 0.3 is 0 Å². The third kappa shape index (κ3) is 3.83. The first-order chi connectivity index (χ1) is 9.19. The van der Waals surface area contributed by atoms with E-state index in [1.54, 1.807) is 0 Å². The van der Waals surface area contributed by atoms with Gasteiger partial charge in [0.15, 0.2) is 0 Å². The maximum Gasteiger partial charge on any atom is 0.119 e. The Kier molecular flexibility index (Phi) is 4.58. The Morgan fingerprint density at radius 2 is 1.84 bits per heavy atom. The zero-order valence-electron chi connectivity index (χ0n) is 11.5. The molecule has 0 aliphatic heterocycles. The van der Waals surface area contributed by atoms with Crippen molar-refractivity contribution in [1.29, 1.82) is 0 Å². The minimum atomic E-state index is -0.591. The second-order valence-corrected chi connectivity index (χ2v) is 4.74. The van der Waals surface area contributed by atoms with Gasteiger partial charge in [0.05, 0.1) is 0 Å². The summed E-state index contributed by atoms with van der Waals surface area (Å²) in [6.45, 7) is 4.41. The molecule has 2 heteroatoms. The van der Waals surface area contributed by atoms with Crippen LogP contribution in [0.5, 0.6) is 5.75 Å². The summed E-state index contributed by atoms with van der Waals surface area (Å²) >= 11 is 0. The van der Waals surface area contributed by atoms with Gasteiger partial charge in [0.25, 0.3) is 0 Å². The molecule has 0 saturated carbocycles. The van der Waals surface area contributed by atoms with E-state index in [-0.39, 0.29) is 6.61 Å². The molecule has 0 aromatic heterocycles. The van der Waals surface area contributed by atoms with Crippen molar-refractivity contribution >= 4 is 0 Å². The van der Waals surface area contributed by atoms with Crippen molar-refractivity contribution in [3.8, 4) is 5.75 Å². The van der Waals surface area contributed by atoms with Crippen molar-refractivity contribution < 1.29 is 9.84 Å². The van der Waals surface area contributed by atoms with Gasteiger partial charge < -0.3 is 9.84 Å². The highest BCUT2D eigenvalue weighted by Gasteiger charge is 2.08. The lowest BCUT2D eigenvalue weighted by Gasteiger charge is -2.13. The minimum absolute atomic E-state index is 0.273. The van der Waals surface area contributed by atoms with Crippen LogP contribution in [-0.2, 0) is 6.42 Å². The predicted molar refractivity (Wildman–Crippen MR) is 77.5 cm³/mol. The molecule has 0 aliphatic rings. The van der Waals surface area contributed by atoms with Crippen LogP contribution < -0.4 is 4.74 Å². The SMILES string of the molecule is CCc1ccc(C(O)COc2cccc(C)c2)cc1. The molecule has 0 spiro atoms. The van der Waals surface area contributed by atoms with Gasteiger partial charge in [-0.05, 0) is 42.2 Å². The van der Waals surface area contributed by atoms with Crippen molar-refractivity contribution in [2.45, 2.75) is 26.4 Å². The van der Waals surface area contributed by atoms with E-state index in [4.69, 9.17) is 4.74 Å². The summed E-state index contributed by atoms with van der Waals surface area (Å²) in [4.78, 5) is 0. The van der Waals surface area contributed by atoms with Gasteiger partial charge in [-0.1, -0.05) is 43.3 Å². The van der Waals surface area contributed by atoms with Gasteiger partial charge in [-0.3, -0.25) is 0 Å². The fraction of sp³-hybridized carbons (Fsp3) is 0.294. The highest BCUT2D eigenvalue weighted by atomic mass is 16.5. The highest BCUT2D eigenvalue weighted by Crippen LogP contribution is 2.18. The lowest BCUT2D eigenvalue weighted by atomic mass is 10.1. The topological polar surface area (TPSA) is 29.5 Å². The molecule has 1 unspecified atom stereocenters. The van der Waals surface area contributed by atoms with E-state index in [1.807, 2.05) is 55.5 Å². The van der Waals surface area contributed by atoms with Crippen molar-refractivity contribution in [2.24, 2.45) is 0 Å². The smallest absolute Gasteiger partial charge is 0.119 e. The van der Waals surface area contributed by atoms with E-state index in [2.05, 4.69) is 6.92 Å². The zero-order chi connectivity index (χ0) is 13.7. The molecular formula is C17H20O2. The number of hydrogen-bond donors (Lipinski definition) is 1. The fourth-order valence-corrected chi connectivity index (χ4v) is 1.95. The normalized spacial score (nSPS) is 12.2. The fourth-order valence-electron chi connectivity index (χ4n) is 1.95. The lowest BCUT2D eigenvalue weighted by molar-refractivity contribution is 0.108. The quantitative estimate of drug-likeness (QED) is 0.884. The molecule has 0 aliphatic carbocycles. The Hall–Kier alpha value is -1.80. The molecule has 2 nitrogen and oxygen atoms in total. The third-order valence-corrected chi connectivity index (χ3v) is 3.17. The molecule has 2 aromatic carbocycles. The van der Waals surface area contributed by atoms with Crippen LogP contribution in [0.2, 0.25) is 0 Å². The van der Waals surface area contributed by atoms with Gasteiger partial charge in [0.2, 0.25) is 0 Å². The van der Waals surface area contributed by atoms with E-state index >= 15 is 0 Å². The van der Waals surface area contributed by atoms with Crippen molar-refractivity contribution in [1.82, 2.24) is 0 Å². The lowest BCUT2D eigenvalue weighted by Crippen LogP contribution is -2.09. The summed E-state index contributed by atoms with van der Waals surface area (Å²) in [5.74, 6) is 0.796. The summed E-state index contributed by atoms with van der Waals surface area (Å²) in [7, 11) is 0. The molecular weight excluding hydrogens is 236 g/mol. The molecule has 1 N–H and O–H groups in total. The van der Waals surface area contributed by atoms with Crippen LogP contribution in [-0.4, -0.2) is 11.7 Å². The van der Waals surface area contributed by atoms with Crippen LogP contribution in [0.25, 0.3) is 0 Å². The zero-order valence-corrected chi connectivity index (χ0v) is 11.5. The second kappa shape index (κ2) is 6.39. The molecule has 0 amide bonds. The van der Waals surface area contributed by atoms with E-state index < -0.39 is 6.10 Å². The van der Waals surface area contributed by atoms with Crippen LogP contribution in [0.1, 0.15) is 29.7 Å². The first kappa shape index (κ1) is 13.6. The monoisotopic (exact) mass is 256 g/mol. The molecule has 2 rings (SSSR count). The van der Waals surface area contributed by atoms with Gasteiger partial charge in [0, 0.05) is 0 Å². The largest absolute Gasteiger partial charge is 0.491 e. The van der Waals surface area contributed by atoms with Crippen LogP contribution in [0.4, 0.5) is 0 Å². The summed E-state index contributed by atoms with van der Waals surface area (Å²) < 4.78 is 5.61. The van der Waals surface area contributed by atoms with Gasteiger partial charge in [-0.2, -0.15) is 0 Å². The van der Waals surface area contributed by atoms with Crippen LogP contribution >= 0.6 is 0 Å². The first-order valence-electron chi connectivity index (χ1n) is 6.65. The highest BCUT2D eigenvalue weighted by molar-refractivity contribution is 5.28. The molecule has 2 aromatic rings. The summed E-state index contributed by atoms with van der Waals surface area (Å²) in [5, 5.41) is 10.1. The molecule has 1 atom stereocenters. The Bertz CT molecular complexity index is 517. The van der Waals surface area contributed by atoms with E-state index in [1.165, 1.54) is 5.56 Å². The summed E-state index contributed by atoms with van der Waals surface area (Å²) in [5.41, 5.74) is 3.32. The van der Waals surface area contributed by atoms with Crippen LogP contribution in [0.15, 0.2) is 48.5 Å². The van der Waals surface area contributed by atoms with Crippen molar-refractivity contribution in [3.63, 3.8) is 0 Å². The minimum Gasteiger partial charge on any atom is -0.491 e. The number of hydrogen-bond acceptors (Lipinski definition) is 2. The van der Waals surface area contributed by atoms with E-state index in [0.29, 0.717) is 0 Å². The molecule has 0 fully saturated rings. The van der Waals surface area contributed by atoms with Crippen LogP contribution in [0.3, 0.4) is 0 Å².